The summed E-state index contributed by atoms with van der Waals surface area (Å²) in [6.45, 7) is 5.04. The van der Waals surface area contributed by atoms with E-state index in [0.717, 1.165) is 6.42 Å². The number of esters is 1. The molecule has 0 radical (unpaired) electrons. The van der Waals surface area contributed by atoms with Crippen molar-refractivity contribution in [2.75, 3.05) is 13.2 Å². The topological polar surface area (TPSA) is 66.8 Å². The summed E-state index contributed by atoms with van der Waals surface area (Å²) in [7, 11) is 0. The lowest BCUT2D eigenvalue weighted by atomic mass is 10.1. The number of carbonyl (C=O) groups excluding carboxylic acids is 1. The number of carbonyl (C=O) groups is 1. The summed E-state index contributed by atoms with van der Waals surface area (Å²) in [4.78, 5) is 11.0. The highest BCUT2D eigenvalue weighted by atomic mass is 16.5. The quantitative estimate of drug-likeness (QED) is 0.463. The monoisotopic (exact) mass is 188 g/mol. The lowest BCUT2D eigenvalue weighted by molar-refractivity contribution is -0.141. The molecule has 76 valence electrons. The summed E-state index contributed by atoms with van der Waals surface area (Å²) in [6.07, 6.45) is 0.428. The maximum atomic E-state index is 11.0. The molecule has 0 aromatic heterocycles. The second-order valence-electron chi connectivity index (χ2n) is 2.69. The summed E-state index contributed by atoms with van der Waals surface area (Å²) in [5.41, 5.74) is 0.0512. The molecule has 13 heavy (non-hydrogen) atoms. The number of rotatable bonds is 6. The second-order valence-corrected chi connectivity index (χ2v) is 2.69. The van der Waals surface area contributed by atoms with Crippen LogP contribution in [0.5, 0.6) is 0 Å². The van der Waals surface area contributed by atoms with Crippen LogP contribution in [0, 0.1) is 0 Å². The van der Waals surface area contributed by atoms with Crippen LogP contribution in [-0.4, -0.2) is 35.5 Å². The standard InChI is InChI=1S/C9H16O4/c1-3-4-8(11)7(2)9(12)13-6-5-10/h8,10-11H,2-6H2,1H3. The number of ether oxygens (including phenoxy) is 1. The van der Waals surface area contributed by atoms with E-state index >= 15 is 0 Å². The molecule has 0 aliphatic carbocycles. The summed E-state index contributed by atoms with van der Waals surface area (Å²) in [6, 6.07) is 0. The number of hydrogen-bond acceptors (Lipinski definition) is 4. The average Bonchev–Trinajstić information content (AvgIpc) is 2.13. The van der Waals surface area contributed by atoms with Crippen molar-refractivity contribution in [1.29, 1.82) is 0 Å². The van der Waals surface area contributed by atoms with Gasteiger partial charge in [-0.25, -0.2) is 4.79 Å². The molecule has 0 aromatic carbocycles. The number of hydrogen-bond donors (Lipinski definition) is 2. The molecule has 0 spiro atoms. The first-order valence-corrected chi connectivity index (χ1v) is 4.28. The Morgan fingerprint density at radius 1 is 1.62 bits per heavy atom. The molecule has 0 bridgehead atoms. The second kappa shape index (κ2) is 6.62. The summed E-state index contributed by atoms with van der Waals surface area (Å²) >= 11 is 0. The van der Waals surface area contributed by atoms with Crippen molar-refractivity contribution in [3.8, 4) is 0 Å². The summed E-state index contributed by atoms with van der Waals surface area (Å²) < 4.78 is 4.57. The van der Waals surface area contributed by atoms with Crippen LogP contribution in [0.15, 0.2) is 12.2 Å². The fraction of sp³-hybridized carbons (Fsp3) is 0.667. The highest BCUT2D eigenvalue weighted by Crippen LogP contribution is 2.07. The molecule has 0 saturated carbocycles. The van der Waals surface area contributed by atoms with Crippen LogP contribution in [-0.2, 0) is 9.53 Å². The highest BCUT2D eigenvalue weighted by molar-refractivity contribution is 5.88. The SMILES string of the molecule is C=C(C(=O)OCCO)C(O)CCC. The fourth-order valence-corrected chi connectivity index (χ4v) is 0.815. The van der Waals surface area contributed by atoms with Gasteiger partial charge in [0.05, 0.1) is 18.3 Å². The van der Waals surface area contributed by atoms with Crippen LogP contribution in [0.3, 0.4) is 0 Å². The minimum absolute atomic E-state index is 0.0512. The van der Waals surface area contributed by atoms with Crippen molar-refractivity contribution in [2.45, 2.75) is 25.9 Å². The minimum Gasteiger partial charge on any atom is -0.460 e. The van der Waals surface area contributed by atoms with Gasteiger partial charge in [-0.3, -0.25) is 0 Å². The molecule has 0 aromatic rings. The molecule has 0 aliphatic heterocycles. The Morgan fingerprint density at radius 2 is 2.23 bits per heavy atom. The molecule has 1 unspecified atom stereocenters. The Balaban J connectivity index is 3.87. The molecule has 0 heterocycles. The predicted molar refractivity (Wildman–Crippen MR) is 48.1 cm³/mol. The molecule has 0 rings (SSSR count). The molecule has 4 nitrogen and oxygen atoms in total. The maximum Gasteiger partial charge on any atom is 0.336 e. The van der Waals surface area contributed by atoms with Crippen LogP contribution in [0.1, 0.15) is 19.8 Å². The third kappa shape index (κ3) is 4.65. The van der Waals surface area contributed by atoms with Crippen molar-refractivity contribution >= 4 is 5.97 Å². The maximum absolute atomic E-state index is 11.0. The largest absolute Gasteiger partial charge is 0.460 e. The van der Waals surface area contributed by atoms with E-state index in [1.807, 2.05) is 6.92 Å². The van der Waals surface area contributed by atoms with Gasteiger partial charge in [-0.2, -0.15) is 0 Å². The molecule has 0 saturated heterocycles. The van der Waals surface area contributed by atoms with Crippen LogP contribution >= 0.6 is 0 Å². The van der Waals surface area contributed by atoms with E-state index < -0.39 is 12.1 Å². The normalized spacial score (nSPS) is 12.2. The van der Waals surface area contributed by atoms with Crippen LogP contribution in [0.2, 0.25) is 0 Å². The molecule has 4 heteroatoms. The summed E-state index contributed by atoms with van der Waals surface area (Å²) in [5, 5.41) is 17.7. The van der Waals surface area contributed by atoms with Gasteiger partial charge in [0.15, 0.2) is 0 Å². The van der Waals surface area contributed by atoms with Gasteiger partial charge in [0.1, 0.15) is 6.61 Å². The predicted octanol–water partition coefficient (Wildman–Crippen LogP) is 0.239. The fourth-order valence-electron chi connectivity index (χ4n) is 0.815. The third-order valence-electron chi connectivity index (χ3n) is 1.55. The summed E-state index contributed by atoms with van der Waals surface area (Å²) in [5.74, 6) is -0.644. The zero-order valence-electron chi connectivity index (χ0n) is 7.82. The van der Waals surface area contributed by atoms with Crippen molar-refractivity contribution < 1.29 is 19.7 Å². The van der Waals surface area contributed by atoms with Gasteiger partial charge in [-0.1, -0.05) is 19.9 Å². The zero-order chi connectivity index (χ0) is 10.3. The van der Waals surface area contributed by atoms with Gasteiger partial charge in [-0.15, -0.1) is 0 Å². The Hall–Kier alpha value is -0.870. The van der Waals surface area contributed by atoms with E-state index in [1.165, 1.54) is 0 Å². The van der Waals surface area contributed by atoms with Gasteiger partial charge in [0, 0.05) is 0 Å². The first-order chi connectivity index (χ1) is 6.13. The highest BCUT2D eigenvalue weighted by Gasteiger charge is 2.16. The van der Waals surface area contributed by atoms with E-state index in [2.05, 4.69) is 11.3 Å². The molecular formula is C9H16O4. The minimum atomic E-state index is -0.837. The first-order valence-electron chi connectivity index (χ1n) is 4.28. The van der Waals surface area contributed by atoms with E-state index in [-0.39, 0.29) is 18.8 Å². The Labute approximate surface area is 77.8 Å². The van der Waals surface area contributed by atoms with E-state index in [4.69, 9.17) is 5.11 Å². The van der Waals surface area contributed by atoms with Crippen molar-refractivity contribution in [2.24, 2.45) is 0 Å². The van der Waals surface area contributed by atoms with Crippen molar-refractivity contribution in [3.05, 3.63) is 12.2 Å². The van der Waals surface area contributed by atoms with E-state index in [1.54, 1.807) is 0 Å². The third-order valence-corrected chi connectivity index (χ3v) is 1.55. The Bertz CT molecular complexity index is 176. The number of aliphatic hydroxyl groups excluding tert-OH is 2. The van der Waals surface area contributed by atoms with Gasteiger partial charge >= 0.3 is 5.97 Å². The van der Waals surface area contributed by atoms with E-state index in [0.29, 0.717) is 6.42 Å². The van der Waals surface area contributed by atoms with E-state index in [9.17, 15) is 9.90 Å². The lowest BCUT2D eigenvalue weighted by Crippen LogP contribution is -2.20. The molecule has 0 aliphatic rings. The zero-order valence-corrected chi connectivity index (χ0v) is 7.82. The molecule has 0 amide bonds. The molecular weight excluding hydrogens is 172 g/mol. The Kier molecular flexibility index (Phi) is 6.18. The molecule has 0 fully saturated rings. The van der Waals surface area contributed by atoms with Gasteiger partial charge in [0.25, 0.3) is 0 Å². The van der Waals surface area contributed by atoms with Crippen LogP contribution < -0.4 is 0 Å². The molecule has 1 atom stereocenters. The van der Waals surface area contributed by atoms with Crippen LogP contribution in [0.25, 0.3) is 0 Å². The smallest absolute Gasteiger partial charge is 0.336 e. The van der Waals surface area contributed by atoms with Crippen molar-refractivity contribution in [3.63, 3.8) is 0 Å². The van der Waals surface area contributed by atoms with Gasteiger partial charge in [-0.05, 0) is 6.42 Å². The molecule has 2 N–H and O–H groups in total. The average molecular weight is 188 g/mol. The van der Waals surface area contributed by atoms with Crippen LogP contribution in [0.4, 0.5) is 0 Å². The number of aliphatic hydroxyl groups is 2. The van der Waals surface area contributed by atoms with Gasteiger partial charge in [0.2, 0.25) is 0 Å². The lowest BCUT2D eigenvalue weighted by Gasteiger charge is -2.11. The van der Waals surface area contributed by atoms with Gasteiger partial charge < -0.3 is 14.9 Å². The van der Waals surface area contributed by atoms with Crippen molar-refractivity contribution in [1.82, 2.24) is 0 Å². The first kappa shape index (κ1) is 12.1. The Morgan fingerprint density at radius 3 is 2.69 bits per heavy atom.